The second kappa shape index (κ2) is 6.01. The van der Waals surface area contributed by atoms with Crippen LogP contribution in [0.2, 0.25) is 0 Å². The van der Waals surface area contributed by atoms with E-state index in [0.29, 0.717) is 5.56 Å². The first-order valence-corrected chi connectivity index (χ1v) is 6.10. The van der Waals surface area contributed by atoms with Gasteiger partial charge in [0.2, 0.25) is 0 Å². The molecule has 0 fully saturated rings. The van der Waals surface area contributed by atoms with Crippen molar-refractivity contribution in [2.45, 2.75) is 6.92 Å². The lowest BCUT2D eigenvalue weighted by Gasteiger charge is -2.06. The molecule has 0 radical (unpaired) electrons. The highest BCUT2D eigenvalue weighted by Gasteiger charge is 2.10. The number of esters is 1. The highest BCUT2D eigenvalue weighted by molar-refractivity contribution is 5.91. The van der Waals surface area contributed by atoms with Gasteiger partial charge in [0.15, 0.2) is 6.61 Å². The van der Waals surface area contributed by atoms with E-state index < -0.39 is 5.97 Å². The highest BCUT2D eigenvalue weighted by Crippen LogP contribution is 2.12. The SMILES string of the molecule is CNC(=O)COC(=O)c1ccc(-n2nccc2C)cc1. The molecule has 0 bridgehead atoms. The van der Waals surface area contributed by atoms with Crippen LogP contribution in [0.3, 0.4) is 0 Å². The summed E-state index contributed by atoms with van der Waals surface area (Å²) in [5.41, 5.74) is 2.25. The number of hydrogen-bond donors (Lipinski definition) is 1. The van der Waals surface area contributed by atoms with Gasteiger partial charge in [0.05, 0.1) is 11.3 Å². The van der Waals surface area contributed by atoms with Gasteiger partial charge in [-0.1, -0.05) is 0 Å². The summed E-state index contributed by atoms with van der Waals surface area (Å²) >= 11 is 0. The molecule has 2 aromatic rings. The van der Waals surface area contributed by atoms with E-state index in [1.807, 2.05) is 13.0 Å². The van der Waals surface area contributed by atoms with Gasteiger partial charge in [-0.15, -0.1) is 0 Å². The minimum Gasteiger partial charge on any atom is -0.452 e. The first kappa shape index (κ1) is 13.8. The molecule has 0 aliphatic heterocycles. The first-order valence-electron chi connectivity index (χ1n) is 6.10. The molecule has 1 aromatic heterocycles. The zero-order valence-electron chi connectivity index (χ0n) is 11.3. The predicted molar refractivity (Wildman–Crippen MR) is 72.7 cm³/mol. The van der Waals surface area contributed by atoms with Crippen molar-refractivity contribution in [3.05, 3.63) is 47.8 Å². The standard InChI is InChI=1S/C14H15N3O3/c1-10-7-8-16-17(10)12-5-3-11(4-6-12)14(19)20-9-13(18)15-2/h3-8H,9H2,1-2H3,(H,15,18). The van der Waals surface area contributed by atoms with Crippen LogP contribution in [0.5, 0.6) is 0 Å². The maximum absolute atomic E-state index is 11.7. The molecule has 20 heavy (non-hydrogen) atoms. The van der Waals surface area contributed by atoms with E-state index in [0.717, 1.165) is 11.4 Å². The lowest BCUT2D eigenvalue weighted by atomic mass is 10.2. The fourth-order valence-electron chi connectivity index (χ4n) is 1.67. The van der Waals surface area contributed by atoms with Crippen molar-refractivity contribution in [3.63, 3.8) is 0 Å². The first-order chi connectivity index (χ1) is 9.61. The summed E-state index contributed by atoms with van der Waals surface area (Å²) in [6.07, 6.45) is 1.71. The van der Waals surface area contributed by atoms with Crippen LogP contribution >= 0.6 is 0 Å². The molecule has 6 heteroatoms. The summed E-state index contributed by atoms with van der Waals surface area (Å²) in [4.78, 5) is 22.7. The van der Waals surface area contributed by atoms with E-state index >= 15 is 0 Å². The Morgan fingerprint density at radius 2 is 1.95 bits per heavy atom. The normalized spacial score (nSPS) is 10.1. The average Bonchev–Trinajstić information content (AvgIpc) is 2.90. The number of hydrogen-bond acceptors (Lipinski definition) is 4. The summed E-state index contributed by atoms with van der Waals surface area (Å²) in [6.45, 7) is 1.66. The Morgan fingerprint density at radius 1 is 1.25 bits per heavy atom. The molecular formula is C14H15N3O3. The van der Waals surface area contributed by atoms with Gasteiger partial charge in [0.1, 0.15) is 0 Å². The molecule has 0 spiro atoms. The topological polar surface area (TPSA) is 73.2 Å². The zero-order valence-corrected chi connectivity index (χ0v) is 11.3. The van der Waals surface area contributed by atoms with Crippen LogP contribution in [0, 0.1) is 6.92 Å². The summed E-state index contributed by atoms with van der Waals surface area (Å²) in [6, 6.07) is 8.73. The monoisotopic (exact) mass is 273 g/mol. The molecule has 0 unspecified atom stereocenters. The molecule has 0 atom stereocenters. The molecule has 0 saturated carbocycles. The molecule has 6 nitrogen and oxygen atoms in total. The number of benzene rings is 1. The molecule has 0 aliphatic carbocycles. The van der Waals surface area contributed by atoms with E-state index in [4.69, 9.17) is 4.74 Å². The third kappa shape index (κ3) is 3.03. The number of likely N-dealkylation sites (N-methyl/N-ethyl adjacent to an activating group) is 1. The van der Waals surface area contributed by atoms with Gasteiger partial charge in [0, 0.05) is 18.9 Å². The van der Waals surface area contributed by atoms with Gasteiger partial charge in [-0.25, -0.2) is 9.48 Å². The van der Waals surface area contributed by atoms with Gasteiger partial charge < -0.3 is 10.1 Å². The summed E-state index contributed by atoms with van der Waals surface area (Å²) in [5, 5.41) is 6.56. The number of nitrogens with zero attached hydrogens (tertiary/aromatic N) is 2. The number of amides is 1. The molecule has 0 aliphatic rings. The molecular weight excluding hydrogens is 258 g/mol. The number of nitrogens with one attached hydrogen (secondary N) is 1. The lowest BCUT2D eigenvalue weighted by molar-refractivity contribution is -0.123. The van der Waals surface area contributed by atoms with Crippen molar-refractivity contribution in [2.75, 3.05) is 13.7 Å². The van der Waals surface area contributed by atoms with Crippen molar-refractivity contribution < 1.29 is 14.3 Å². The molecule has 104 valence electrons. The Morgan fingerprint density at radius 3 is 2.50 bits per heavy atom. The number of carbonyl (C=O) groups excluding carboxylic acids is 2. The maximum atomic E-state index is 11.7. The lowest BCUT2D eigenvalue weighted by Crippen LogP contribution is -2.25. The fourth-order valence-corrected chi connectivity index (χ4v) is 1.67. The third-order valence-electron chi connectivity index (χ3n) is 2.79. The minimum absolute atomic E-state index is 0.282. The molecule has 1 heterocycles. The van der Waals surface area contributed by atoms with E-state index in [-0.39, 0.29) is 12.5 Å². The molecule has 1 amide bonds. The Hall–Kier alpha value is -2.63. The summed E-state index contributed by atoms with van der Waals surface area (Å²) in [7, 11) is 1.48. The van der Waals surface area contributed by atoms with Gasteiger partial charge in [0.25, 0.3) is 5.91 Å². The van der Waals surface area contributed by atoms with Gasteiger partial charge in [-0.3, -0.25) is 4.79 Å². The molecule has 1 aromatic carbocycles. The van der Waals surface area contributed by atoms with Crippen molar-refractivity contribution in [1.29, 1.82) is 0 Å². The number of carbonyl (C=O) groups is 2. The second-order valence-corrected chi connectivity index (χ2v) is 4.18. The second-order valence-electron chi connectivity index (χ2n) is 4.18. The summed E-state index contributed by atoms with van der Waals surface area (Å²) < 4.78 is 6.63. The van der Waals surface area contributed by atoms with Gasteiger partial charge in [-0.05, 0) is 37.3 Å². The quantitative estimate of drug-likeness (QED) is 0.846. The van der Waals surface area contributed by atoms with Crippen LogP contribution in [0.15, 0.2) is 36.5 Å². The Bertz CT molecular complexity index is 617. The fraction of sp³-hybridized carbons (Fsp3) is 0.214. The smallest absolute Gasteiger partial charge is 0.338 e. The molecule has 2 rings (SSSR count). The maximum Gasteiger partial charge on any atom is 0.338 e. The summed E-state index contributed by atoms with van der Waals surface area (Å²) in [5.74, 6) is -0.875. The molecule has 1 N–H and O–H groups in total. The zero-order chi connectivity index (χ0) is 14.5. The van der Waals surface area contributed by atoms with Crippen LogP contribution in [0.25, 0.3) is 5.69 Å². The van der Waals surface area contributed by atoms with Crippen LogP contribution < -0.4 is 5.32 Å². The van der Waals surface area contributed by atoms with Crippen LogP contribution in [0.1, 0.15) is 16.1 Å². The van der Waals surface area contributed by atoms with Gasteiger partial charge in [-0.2, -0.15) is 5.10 Å². The van der Waals surface area contributed by atoms with Crippen LogP contribution in [0.4, 0.5) is 0 Å². The van der Waals surface area contributed by atoms with E-state index in [9.17, 15) is 9.59 Å². The van der Waals surface area contributed by atoms with Crippen molar-refractivity contribution in [2.24, 2.45) is 0 Å². The van der Waals surface area contributed by atoms with Crippen LogP contribution in [-0.4, -0.2) is 35.3 Å². The molecule has 0 saturated heterocycles. The highest BCUT2D eigenvalue weighted by atomic mass is 16.5. The number of ether oxygens (including phenoxy) is 1. The Balaban J connectivity index is 2.07. The van der Waals surface area contributed by atoms with Crippen molar-refractivity contribution >= 4 is 11.9 Å². The Kier molecular flexibility index (Phi) is 4.14. The largest absolute Gasteiger partial charge is 0.452 e. The average molecular weight is 273 g/mol. The van der Waals surface area contributed by atoms with E-state index in [2.05, 4.69) is 10.4 Å². The van der Waals surface area contributed by atoms with Crippen molar-refractivity contribution in [3.8, 4) is 5.69 Å². The number of aromatic nitrogens is 2. The van der Waals surface area contributed by atoms with E-state index in [1.54, 1.807) is 35.1 Å². The Labute approximate surface area is 116 Å². The number of rotatable bonds is 4. The van der Waals surface area contributed by atoms with Crippen LogP contribution in [-0.2, 0) is 9.53 Å². The van der Waals surface area contributed by atoms with Crippen molar-refractivity contribution in [1.82, 2.24) is 15.1 Å². The number of aryl methyl sites for hydroxylation is 1. The predicted octanol–water partition coefficient (Wildman–Crippen LogP) is 1.08. The van der Waals surface area contributed by atoms with E-state index in [1.165, 1.54) is 7.05 Å². The minimum atomic E-state index is -0.530. The van der Waals surface area contributed by atoms with Gasteiger partial charge >= 0.3 is 5.97 Å². The third-order valence-corrected chi connectivity index (χ3v) is 2.79.